The number of nitrogens with zero attached hydrogens (tertiary/aromatic N) is 1. The van der Waals surface area contributed by atoms with Crippen molar-refractivity contribution in [2.45, 2.75) is 12.5 Å². The summed E-state index contributed by atoms with van der Waals surface area (Å²) in [6.07, 6.45) is 0.00266. The molecule has 2 N–H and O–H groups in total. The molecule has 0 saturated carbocycles. The zero-order chi connectivity index (χ0) is 10.6. The summed E-state index contributed by atoms with van der Waals surface area (Å²) in [7, 11) is 1.57. The SMILES string of the molecule is CNC(=O)N1CC(OCCC(=O)O)C1. The van der Waals surface area contributed by atoms with Crippen LogP contribution in [-0.4, -0.2) is 54.9 Å². The number of aliphatic carboxylic acids is 1. The van der Waals surface area contributed by atoms with Crippen LogP contribution in [0.15, 0.2) is 0 Å². The molecule has 0 radical (unpaired) electrons. The Balaban J connectivity index is 2.04. The fourth-order valence-electron chi connectivity index (χ4n) is 1.18. The number of carboxylic acids is 1. The standard InChI is InChI=1S/C8H14N2O4/c1-9-8(13)10-4-6(5-10)14-3-2-7(11)12/h6H,2-5H2,1H3,(H,9,13)(H,11,12). The molecule has 1 aliphatic rings. The molecule has 0 unspecified atom stereocenters. The van der Waals surface area contributed by atoms with E-state index < -0.39 is 5.97 Å². The second kappa shape index (κ2) is 4.80. The summed E-state index contributed by atoms with van der Waals surface area (Å²) < 4.78 is 5.21. The number of carbonyl (C=O) groups is 2. The lowest BCUT2D eigenvalue weighted by Gasteiger charge is -2.38. The minimum Gasteiger partial charge on any atom is -0.481 e. The number of amides is 2. The van der Waals surface area contributed by atoms with Crippen molar-refractivity contribution in [2.75, 3.05) is 26.7 Å². The first-order valence-corrected chi connectivity index (χ1v) is 4.43. The number of ether oxygens (including phenoxy) is 1. The van der Waals surface area contributed by atoms with Gasteiger partial charge in [0.05, 0.1) is 32.2 Å². The quantitative estimate of drug-likeness (QED) is 0.644. The fourth-order valence-corrected chi connectivity index (χ4v) is 1.18. The number of likely N-dealkylation sites (tertiary alicyclic amines) is 1. The first kappa shape index (κ1) is 10.8. The normalized spacial score (nSPS) is 16.2. The van der Waals surface area contributed by atoms with Crippen LogP contribution in [0.1, 0.15) is 6.42 Å². The van der Waals surface area contributed by atoms with Crippen LogP contribution >= 0.6 is 0 Å². The van der Waals surface area contributed by atoms with E-state index >= 15 is 0 Å². The molecule has 6 heteroatoms. The molecule has 0 aromatic heterocycles. The predicted octanol–water partition coefficient (Wildman–Crippen LogP) is -0.499. The maximum Gasteiger partial charge on any atom is 0.317 e. The Hall–Kier alpha value is -1.30. The minimum atomic E-state index is -0.868. The van der Waals surface area contributed by atoms with Crippen LogP contribution in [0.25, 0.3) is 0 Å². The maximum absolute atomic E-state index is 11.0. The highest BCUT2D eigenvalue weighted by Gasteiger charge is 2.30. The molecule has 0 aromatic carbocycles. The Morgan fingerprint density at radius 1 is 1.57 bits per heavy atom. The predicted molar refractivity (Wildman–Crippen MR) is 48.0 cm³/mol. The third kappa shape index (κ3) is 2.88. The van der Waals surface area contributed by atoms with Crippen molar-refractivity contribution in [1.82, 2.24) is 10.2 Å². The first-order chi connectivity index (χ1) is 6.63. The first-order valence-electron chi connectivity index (χ1n) is 4.43. The van der Waals surface area contributed by atoms with Gasteiger partial charge in [0.1, 0.15) is 0 Å². The lowest BCUT2D eigenvalue weighted by Crippen LogP contribution is -2.57. The molecule has 6 nitrogen and oxygen atoms in total. The van der Waals surface area contributed by atoms with Gasteiger partial charge in [0.25, 0.3) is 0 Å². The monoisotopic (exact) mass is 202 g/mol. The summed E-state index contributed by atoms with van der Waals surface area (Å²) in [5.74, 6) is -0.868. The van der Waals surface area contributed by atoms with E-state index in [9.17, 15) is 9.59 Å². The number of carbonyl (C=O) groups excluding carboxylic acids is 1. The fraction of sp³-hybridized carbons (Fsp3) is 0.750. The van der Waals surface area contributed by atoms with E-state index in [-0.39, 0.29) is 25.2 Å². The van der Waals surface area contributed by atoms with Gasteiger partial charge in [-0.2, -0.15) is 0 Å². The van der Waals surface area contributed by atoms with E-state index in [0.29, 0.717) is 13.1 Å². The smallest absolute Gasteiger partial charge is 0.317 e. The van der Waals surface area contributed by atoms with Crippen LogP contribution in [0.4, 0.5) is 4.79 Å². The number of hydrogen-bond donors (Lipinski definition) is 2. The Kier molecular flexibility index (Phi) is 3.70. The summed E-state index contributed by atoms with van der Waals surface area (Å²) >= 11 is 0. The van der Waals surface area contributed by atoms with Crippen LogP contribution in [0.3, 0.4) is 0 Å². The topological polar surface area (TPSA) is 78.9 Å². The van der Waals surface area contributed by atoms with Gasteiger partial charge in [0.15, 0.2) is 0 Å². The van der Waals surface area contributed by atoms with Crippen molar-refractivity contribution in [1.29, 1.82) is 0 Å². The van der Waals surface area contributed by atoms with Gasteiger partial charge >= 0.3 is 12.0 Å². The molecule has 0 aromatic rings. The minimum absolute atomic E-state index is 0.00773. The van der Waals surface area contributed by atoms with Crippen molar-refractivity contribution in [2.24, 2.45) is 0 Å². The van der Waals surface area contributed by atoms with Gasteiger partial charge in [0, 0.05) is 7.05 Å². The summed E-state index contributed by atoms with van der Waals surface area (Å²) in [4.78, 5) is 22.7. The van der Waals surface area contributed by atoms with Gasteiger partial charge in [0.2, 0.25) is 0 Å². The highest BCUT2D eigenvalue weighted by molar-refractivity contribution is 5.74. The van der Waals surface area contributed by atoms with Gasteiger partial charge < -0.3 is 20.1 Å². The molecule has 0 spiro atoms. The van der Waals surface area contributed by atoms with E-state index in [1.807, 2.05) is 0 Å². The van der Waals surface area contributed by atoms with Gasteiger partial charge in [-0.3, -0.25) is 4.79 Å². The van der Waals surface area contributed by atoms with Crippen LogP contribution in [-0.2, 0) is 9.53 Å². The summed E-state index contributed by atoms with van der Waals surface area (Å²) in [6.45, 7) is 1.29. The summed E-state index contributed by atoms with van der Waals surface area (Å²) in [6, 6.07) is -0.122. The molecule has 0 bridgehead atoms. The van der Waals surface area contributed by atoms with Crippen LogP contribution in [0.2, 0.25) is 0 Å². The molecule has 0 aliphatic carbocycles. The van der Waals surface area contributed by atoms with E-state index in [1.165, 1.54) is 0 Å². The van der Waals surface area contributed by atoms with Crippen molar-refractivity contribution in [3.8, 4) is 0 Å². The lowest BCUT2D eigenvalue weighted by atomic mass is 10.2. The molecule has 14 heavy (non-hydrogen) atoms. The van der Waals surface area contributed by atoms with Crippen molar-refractivity contribution < 1.29 is 19.4 Å². The number of carboxylic acid groups (broad SMARTS) is 1. The molecular weight excluding hydrogens is 188 g/mol. The molecule has 0 atom stereocenters. The van der Waals surface area contributed by atoms with Crippen LogP contribution in [0, 0.1) is 0 Å². The van der Waals surface area contributed by atoms with Gasteiger partial charge in [-0.15, -0.1) is 0 Å². The van der Waals surface area contributed by atoms with Crippen LogP contribution < -0.4 is 5.32 Å². The third-order valence-corrected chi connectivity index (χ3v) is 2.02. The van der Waals surface area contributed by atoms with Gasteiger partial charge in [-0.1, -0.05) is 0 Å². The average Bonchev–Trinajstić information content (AvgIpc) is 2.07. The molecular formula is C8H14N2O4. The Labute approximate surface area is 81.8 Å². The number of hydrogen-bond acceptors (Lipinski definition) is 3. The molecule has 1 rings (SSSR count). The Bertz CT molecular complexity index is 225. The third-order valence-electron chi connectivity index (χ3n) is 2.02. The zero-order valence-electron chi connectivity index (χ0n) is 8.02. The van der Waals surface area contributed by atoms with Crippen molar-refractivity contribution in [3.05, 3.63) is 0 Å². The summed E-state index contributed by atoms with van der Waals surface area (Å²) in [5, 5.41) is 10.8. The molecule has 1 aliphatic heterocycles. The van der Waals surface area contributed by atoms with E-state index in [1.54, 1.807) is 11.9 Å². The van der Waals surface area contributed by atoms with E-state index in [4.69, 9.17) is 9.84 Å². The largest absolute Gasteiger partial charge is 0.481 e. The number of nitrogens with one attached hydrogen (secondary N) is 1. The molecule has 1 fully saturated rings. The maximum atomic E-state index is 11.0. The van der Waals surface area contributed by atoms with E-state index in [0.717, 1.165) is 0 Å². The molecule has 1 saturated heterocycles. The van der Waals surface area contributed by atoms with Crippen LogP contribution in [0.5, 0.6) is 0 Å². The Morgan fingerprint density at radius 2 is 2.21 bits per heavy atom. The molecule has 2 amide bonds. The molecule has 1 heterocycles. The number of urea groups is 1. The highest BCUT2D eigenvalue weighted by atomic mass is 16.5. The van der Waals surface area contributed by atoms with Gasteiger partial charge in [-0.05, 0) is 0 Å². The van der Waals surface area contributed by atoms with Crippen molar-refractivity contribution in [3.63, 3.8) is 0 Å². The Morgan fingerprint density at radius 3 is 2.71 bits per heavy atom. The second-order valence-electron chi connectivity index (χ2n) is 3.10. The molecule has 80 valence electrons. The summed E-state index contributed by atoms with van der Waals surface area (Å²) in [5.41, 5.74) is 0. The van der Waals surface area contributed by atoms with E-state index in [2.05, 4.69) is 5.32 Å². The zero-order valence-corrected chi connectivity index (χ0v) is 8.02. The van der Waals surface area contributed by atoms with Crippen molar-refractivity contribution >= 4 is 12.0 Å². The average molecular weight is 202 g/mol. The lowest BCUT2D eigenvalue weighted by molar-refractivity contribution is -0.139. The second-order valence-corrected chi connectivity index (χ2v) is 3.10. The number of rotatable bonds is 4. The van der Waals surface area contributed by atoms with Gasteiger partial charge in [-0.25, -0.2) is 4.79 Å². The highest BCUT2D eigenvalue weighted by Crippen LogP contribution is 2.11.